The van der Waals surface area contributed by atoms with Gasteiger partial charge < -0.3 is 0 Å². The molecular weight excluding hydrogens is 202 g/mol. The molecule has 0 bridgehead atoms. The summed E-state index contributed by atoms with van der Waals surface area (Å²) in [6.07, 6.45) is 2.69. The minimum atomic E-state index is 1.13. The van der Waals surface area contributed by atoms with Crippen molar-refractivity contribution in [3.8, 4) is 0 Å². The zero-order valence-electron chi connectivity index (χ0n) is 9.19. The first-order valence-electron chi connectivity index (χ1n) is 5.79. The molecule has 0 saturated carbocycles. The molecule has 0 aliphatic carbocycles. The average molecular weight is 221 g/mol. The Kier molecular flexibility index (Phi) is 4.55. The molecule has 1 aromatic rings. The van der Waals surface area contributed by atoms with Crippen molar-refractivity contribution >= 4 is 11.8 Å². The van der Waals surface area contributed by atoms with Crippen LogP contribution in [0.1, 0.15) is 18.4 Å². The van der Waals surface area contributed by atoms with E-state index < -0.39 is 0 Å². The van der Waals surface area contributed by atoms with Crippen LogP contribution in [-0.4, -0.2) is 29.5 Å². The summed E-state index contributed by atoms with van der Waals surface area (Å²) < 4.78 is 0. The molecule has 1 aromatic carbocycles. The van der Waals surface area contributed by atoms with Crippen LogP contribution < -0.4 is 0 Å². The lowest BCUT2D eigenvalue weighted by Crippen LogP contribution is -2.27. The molecule has 1 fully saturated rings. The molecule has 15 heavy (non-hydrogen) atoms. The van der Waals surface area contributed by atoms with Crippen molar-refractivity contribution in [2.75, 3.05) is 24.6 Å². The maximum atomic E-state index is 2.59. The molecule has 0 radical (unpaired) electrons. The molecule has 1 saturated heterocycles. The topological polar surface area (TPSA) is 3.24 Å². The molecule has 0 aromatic heterocycles. The van der Waals surface area contributed by atoms with E-state index in [1.165, 1.54) is 43.0 Å². The summed E-state index contributed by atoms with van der Waals surface area (Å²) in [5.74, 6) is 2.68. The minimum Gasteiger partial charge on any atom is -0.299 e. The molecule has 0 unspecified atom stereocenters. The third-order valence-electron chi connectivity index (χ3n) is 2.78. The lowest BCUT2D eigenvalue weighted by atomic mass is 10.2. The zero-order valence-corrected chi connectivity index (χ0v) is 10.0. The highest BCUT2D eigenvalue weighted by molar-refractivity contribution is 7.99. The highest BCUT2D eigenvalue weighted by Gasteiger charge is 2.08. The van der Waals surface area contributed by atoms with Crippen molar-refractivity contribution < 1.29 is 0 Å². The van der Waals surface area contributed by atoms with Gasteiger partial charge in [-0.1, -0.05) is 30.3 Å². The molecule has 0 N–H and O–H groups in total. The first kappa shape index (κ1) is 11.0. The van der Waals surface area contributed by atoms with Crippen molar-refractivity contribution in [3.63, 3.8) is 0 Å². The van der Waals surface area contributed by atoms with Crippen molar-refractivity contribution in [3.05, 3.63) is 35.9 Å². The molecule has 1 aliphatic heterocycles. The van der Waals surface area contributed by atoms with E-state index in [-0.39, 0.29) is 0 Å². The molecule has 1 aliphatic rings. The van der Waals surface area contributed by atoms with Crippen molar-refractivity contribution in [1.29, 1.82) is 0 Å². The molecule has 2 heteroatoms. The second kappa shape index (κ2) is 6.19. The van der Waals surface area contributed by atoms with E-state index in [1.807, 2.05) is 0 Å². The number of rotatable bonds is 2. The van der Waals surface area contributed by atoms with Gasteiger partial charge in [0.25, 0.3) is 0 Å². The second-order valence-corrected chi connectivity index (χ2v) is 5.31. The number of thioether (sulfide) groups is 1. The third kappa shape index (κ3) is 3.88. The monoisotopic (exact) mass is 221 g/mol. The van der Waals surface area contributed by atoms with Gasteiger partial charge in [-0.2, -0.15) is 11.8 Å². The highest BCUT2D eigenvalue weighted by Crippen LogP contribution is 2.13. The van der Waals surface area contributed by atoms with E-state index in [1.54, 1.807) is 0 Å². The van der Waals surface area contributed by atoms with E-state index in [9.17, 15) is 0 Å². The largest absolute Gasteiger partial charge is 0.299 e. The van der Waals surface area contributed by atoms with Crippen LogP contribution in [0.5, 0.6) is 0 Å². The molecule has 1 nitrogen and oxygen atoms in total. The predicted molar refractivity (Wildman–Crippen MR) is 68.3 cm³/mol. The van der Waals surface area contributed by atoms with Gasteiger partial charge in [-0.05, 0) is 43.0 Å². The van der Waals surface area contributed by atoms with Crippen LogP contribution in [0, 0.1) is 0 Å². The van der Waals surface area contributed by atoms with Gasteiger partial charge in [-0.3, -0.25) is 4.90 Å². The fraction of sp³-hybridized carbons (Fsp3) is 0.538. The van der Waals surface area contributed by atoms with Gasteiger partial charge in [0.15, 0.2) is 0 Å². The Labute approximate surface area is 96.9 Å². The molecular formula is C13H19NS. The summed E-state index contributed by atoms with van der Waals surface area (Å²) in [7, 11) is 0. The summed E-state index contributed by atoms with van der Waals surface area (Å²) >= 11 is 2.11. The Balaban J connectivity index is 1.86. The van der Waals surface area contributed by atoms with Crippen LogP contribution in [0.25, 0.3) is 0 Å². The van der Waals surface area contributed by atoms with Crippen LogP contribution >= 0.6 is 11.8 Å². The summed E-state index contributed by atoms with van der Waals surface area (Å²) in [4.78, 5) is 2.59. The fourth-order valence-electron chi connectivity index (χ4n) is 1.99. The van der Waals surface area contributed by atoms with Crippen molar-refractivity contribution in [2.24, 2.45) is 0 Å². The fourth-order valence-corrected chi connectivity index (χ4v) is 2.86. The van der Waals surface area contributed by atoms with Crippen molar-refractivity contribution in [2.45, 2.75) is 19.4 Å². The molecule has 2 rings (SSSR count). The number of nitrogens with zero attached hydrogens (tertiary/aromatic N) is 1. The molecule has 1 heterocycles. The first-order valence-corrected chi connectivity index (χ1v) is 6.94. The predicted octanol–water partition coefficient (Wildman–Crippen LogP) is 3.02. The normalized spacial score (nSPS) is 19.5. The van der Waals surface area contributed by atoms with Gasteiger partial charge in [0.2, 0.25) is 0 Å². The summed E-state index contributed by atoms with van der Waals surface area (Å²) in [5, 5.41) is 0. The van der Waals surface area contributed by atoms with E-state index >= 15 is 0 Å². The minimum absolute atomic E-state index is 1.13. The standard InChI is InChI=1S/C13H19NS/c1-2-6-13(7-3-1)12-14-8-4-10-15-11-5-9-14/h1-3,6-7H,4-5,8-12H2. The maximum absolute atomic E-state index is 2.59. The molecule has 0 spiro atoms. The second-order valence-electron chi connectivity index (χ2n) is 4.08. The van der Waals surface area contributed by atoms with E-state index in [0.29, 0.717) is 0 Å². The molecule has 0 amide bonds. The van der Waals surface area contributed by atoms with Gasteiger partial charge in [0, 0.05) is 6.54 Å². The molecule has 82 valence electrons. The summed E-state index contributed by atoms with van der Waals surface area (Å²) in [6, 6.07) is 10.8. The third-order valence-corrected chi connectivity index (χ3v) is 3.93. The highest BCUT2D eigenvalue weighted by atomic mass is 32.2. The van der Waals surface area contributed by atoms with Crippen LogP contribution in [-0.2, 0) is 6.54 Å². The van der Waals surface area contributed by atoms with Gasteiger partial charge in [0.1, 0.15) is 0 Å². The van der Waals surface area contributed by atoms with Gasteiger partial charge >= 0.3 is 0 Å². The van der Waals surface area contributed by atoms with Crippen LogP contribution in [0.15, 0.2) is 30.3 Å². The Morgan fingerprint density at radius 1 is 1.00 bits per heavy atom. The first-order chi connectivity index (χ1) is 7.45. The van der Waals surface area contributed by atoms with Crippen LogP contribution in [0.3, 0.4) is 0 Å². The Morgan fingerprint density at radius 3 is 2.33 bits per heavy atom. The molecule has 0 atom stereocenters. The number of hydrogen-bond donors (Lipinski definition) is 0. The lowest BCUT2D eigenvalue weighted by molar-refractivity contribution is 0.266. The van der Waals surface area contributed by atoms with Crippen LogP contribution in [0.4, 0.5) is 0 Å². The average Bonchev–Trinajstić information content (AvgIpc) is 2.23. The van der Waals surface area contributed by atoms with E-state index in [4.69, 9.17) is 0 Å². The number of benzene rings is 1. The van der Waals surface area contributed by atoms with Crippen molar-refractivity contribution in [1.82, 2.24) is 4.90 Å². The SMILES string of the molecule is c1ccc(CN2CCCSCCC2)cc1. The lowest BCUT2D eigenvalue weighted by Gasteiger charge is -2.24. The smallest absolute Gasteiger partial charge is 0.0233 e. The summed E-state index contributed by atoms with van der Waals surface area (Å²) in [6.45, 7) is 3.66. The van der Waals surface area contributed by atoms with Gasteiger partial charge in [0.05, 0.1) is 0 Å². The van der Waals surface area contributed by atoms with E-state index in [2.05, 4.69) is 47.0 Å². The Morgan fingerprint density at radius 2 is 1.67 bits per heavy atom. The van der Waals surface area contributed by atoms with Gasteiger partial charge in [-0.15, -0.1) is 0 Å². The van der Waals surface area contributed by atoms with Gasteiger partial charge in [-0.25, -0.2) is 0 Å². The number of hydrogen-bond acceptors (Lipinski definition) is 2. The van der Waals surface area contributed by atoms with Crippen LogP contribution in [0.2, 0.25) is 0 Å². The maximum Gasteiger partial charge on any atom is 0.0233 e. The quantitative estimate of drug-likeness (QED) is 0.755. The summed E-state index contributed by atoms with van der Waals surface area (Å²) in [5.41, 5.74) is 1.45. The van der Waals surface area contributed by atoms with E-state index in [0.717, 1.165) is 6.54 Å². The Bertz CT molecular complexity index is 265. The zero-order chi connectivity index (χ0) is 10.3. The Hall–Kier alpha value is -0.470.